The van der Waals surface area contributed by atoms with Gasteiger partial charge in [-0.25, -0.2) is 0 Å². The first-order valence-electron chi connectivity index (χ1n) is 10.00. The Hall–Kier alpha value is -0.120. The van der Waals surface area contributed by atoms with Crippen LogP contribution in [0.2, 0.25) is 0 Å². The third-order valence-electron chi connectivity index (χ3n) is 5.60. The Kier molecular flexibility index (Phi) is 9.66. The van der Waals surface area contributed by atoms with E-state index in [4.69, 9.17) is 14.2 Å². The zero-order valence-electron chi connectivity index (χ0n) is 19.0. The Morgan fingerprint density at radius 3 is 1.72 bits per heavy atom. The molecule has 0 aliphatic heterocycles. The zero-order valence-corrected chi connectivity index (χ0v) is 19.0. The Bertz CT molecular complexity index is 367. The lowest BCUT2D eigenvalue weighted by Gasteiger charge is -2.42. The van der Waals surface area contributed by atoms with Crippen molar-refractivity contribution in [2.45, 2.75) is 100 Å². The fraction of sp³-hybridized carbons (Fsp3) is 1.00. The van der Waals surface area contributed by atoms with E-state index in [1.807, 2.05) is 0 Å². The molecule has 0 aliphatic rings. The smallest absolute Gasteiger partial charge is 0.0860 e. The Balaban J connectivity index is 4.19. The van der Waals surface area contributed by atoms with Gasteiger partial charge in [-0.2, -0.15) is 0 Å². The molecule has 0 heterocycles. The summed E-state index contributed by atoms with van der Waals surface area (Å²) in [5, 5.41) is 0. The molecule has 0 unspecified atom stereocenters. The minimum absolute atomic E-state index is 0.0941. The normalized spacial score (nSPS) is 14.4. The molecule has 0 saturated heterocycles. The highest BCUT2D eigenvalue weighted by Gasteiger charge is 2.37. The van der Waals surface area contributed by atoms with E-state index in [1.54, 1.807) is 0 Å². The molecule has 3 heteroatoms. The molecule has 0 atom stereocenters. The molecule has 0 spiro atoms. The standard InChI is InChI=1S/C22H46O3/c1-12-21(8,9)25-17-22(10,11)24-14-13-23-16-20(6,7)19(4,5)15-18(2)3/h18H,12-17H2,1-11H3. The van der Waals surface area contributed by atoms with Crippen molar-refractivity contribution < 1.29 is 14.2 Å². The van der Waals surface area contributed by atoms with Crippen LogP contribution >= 0.6 is 0 Å². The molecule has 0 radical (unpaired) electrons. The molecule has 0 fully saturated rings. The fourth-order valence-corrected chi connectivity index (χ4v) is 2.71. The van der Waals surface area contributed by atoms with E-state index in [0.717, 1.165) is 13.0 Å². The van der Waals surface area contributed by atoms with Crippen molar-refractivity contribution >= 4 is 0 Å². The average molecular weight is 359 g/mol. The summed E-state index contributed by atoms with van der Waals surface area (Å²) in [7, 11) is 0. The van der Waals surface area contributed by atoms with E-state index < -0.39 is 0 Å². The first kappa shape index (κ1) is 24.9. The predicted octanol–water partition coefficient (Wildman–Crippen LogP) is 6.10. The molecule has 0 saturated carbocycles. The van der Waals surface area contributed by atoms with Crippen LogP contribution in [0, 0.1) is 16.7 Å². The molecule has 0 rings (SSSR count). The van der Waals surface area contributed by atoms with Crippen LogP contribution in [0.25, 0.3) is 0 Å². The van der Waals surface area contributed by atoms with Crippen molar-refractivity contribution in [2.24, 2.45) is 16.7 Å². The lowest BCUT2D eigenvalue weighted by molar-refractivity contribution is -0.131. The van der Waals surface area contributed by atoms with Crippen LogP contribution in [0.5, 0.6) is 0 Å². The maximum Gasteiger partial charge on any atom is 0.0860 e. The summed E-state index contributed by atoms with van der Waals surface area (Å²) >= 11 is 0. The zero-order chi connectivity index (χ0) is 19.9. The molecule has 25 heavy (non-hydrogen) atoms. The lowest BCUT2D eigenvalue weighted by atomic mass is 9.65. The maximum absolute atomic E-state index is 5.98. The van der Waals surface area contributed by atoms with Gasteiger partial charge in [0.15, 0.2) is 0 Å². The van der Waals surface area contributed by atoms with Crippen LogP contribution in [-0.2, 0) is 14.2 Å². The van der Waals surface area contributed by atoms with E-state index in [-0.39, 0.29) is 22.0 Å². The van der Waals surface area contributed by atoms with Gasteiger partial charge in [0.05, 0.1) is 37.6 Å². The second-order valence-corrected chi connectivity index (χ2v) is 10.4. The molecular weight excluding hydrogens is 312 g/mol. The summed E-state index contributed by atoms with van der Waals surface area (Å²) in [5.41, 5.74) is 0.00724. The lowest BCUT2D eigenvalue weighted by Crippen LogP contribution is -2.39. The van der Waals surface area contributed by atoms with Crippen LogP contribution in [0.3, 0.4) is 0 Å². The summed E-state index contributed by atoms with van der Waals surface area (Å²) < 4.78 is 17.9. The van der Waals surface area contributed by atoms with Gasteiger partial charge in [-0.3, -0.25) is 0 Å². The molecule has 0 N–H and O–H groups in total. The summed E-state index contributed by atoms with van der Waals surface area (Å²) in [4.78, 5) is 0. The van der Waals surface area contributed by atoms with Crippen molar-refractivity contribution in [3.63, 3.8) is 0 Å². The first-order chi connectivity index (χ1) is 11.1. The largest absolute Gasteiger partial charge is 0.378 e. The minimum Gasteiger partial charge on any atom is -0.378 e. The third-order valence-corrected chi connectivity index (χ3v) is 5.60. The average Bonchev–Trinajstić information content (AvgIpc) is 2.43. The van der Waals surface area contributed by atoms with Gasteiger partial charge < -0.3 is 14.2 Å². The molecule has 0 aromatic carbocycles. The minimum atomic E-state index is -0.289. The topological polar surface area (TPSA) is 27.7 Å². The van der Waals surface area contributed by atoms with E-state index in [0.29, 0.717) is 25.7 Å². The molecule has 3 nitrogen and oxygen atoms in total. The first-order valence-corrected chi connectivity index (χ1v) is 10.00. The number of hydrogen-bond donors (Lipinski definition) is 0. The Labute approximate surface area is 158 Å². The van der Waals surface area contributed by atoms with Crippen molar-refractivity contribution in [1.29, 1.82) is 0 Å². The highest BCUT2D eigenvalue weighted by molar-refractivity contribution is 4.86. The van der Waals surface area contributed by atoms with Crippen LogP contribution in [0.4, 0.5) is 0 Å². The molecule has 152 valence electrons. The van der Waals surface area contributed by atoms with Gasteiger partial charge in [0.1, 0.15) is 0 Å². The van der Waals surface area contributed by atoms with Crippen molar-refractivity contribution in [3.8, 4) is 0 Å². The second kappa shape index (κ2) is 9.71. The molecule has 0 aliphatic carbocycles. The van der Waals surface area contributed by atoms with Crippen molar-refractivity contribution in [1.82, 2.24) is 0 Å². The van der Waals surface area contributed by atoms with Gasteiger partial charge in [-0.1, -0.05) is 48.5 Å². The molecule has 0 aromatic heterocycles. The molecule has 0 bridgehead atoms. The van der Waals surface area contributed by atoms with E-state index >= 15 is 0 Å². The number of rotatable bonds is 13. The SMILES string of the molecule is CCC(C)(C)OCC(C)(C)OCCOCC(C)(C)C(C)(C)CC(C)C. The van der Waals surface area contributed by atoms with E-state index in [1.165, 1.54) is 6.42 Å². The van der Waals surface area contributed by atoms with Gasteiger partial charge in [0, 0.05) is 0 Å². The predicted molar refractivity (Wildman–Crippen MR) is 108 cm³/mol. The van der Waals surface area contributed by atoms with Gasteiger partial charge in [-0.15, -0.1) is 0 Å². The Morgan fingerprint density at radius 2 is 1.24 bits per heavy atom. The van der Waals surface area contributed by atoms with Crippen molar-refractivity contribution in [3.05, 3.63) is 0 Å². The number of hydrogen-bond acceptors (Lipinski definition) is 3. The highest BCUT2D eigenvalue weighted by Crippen LogP contribution is 2.43. The fourth-order valence-electron chi connectivity index (χ4n) is 2.71. The summed E-state index contributed by atoms with van der Waals surface area (Å²) in [5.74, 6) is 0.700. The van der Waals surface area contributed by atoms with E-state index in [9.17, 15) is 0 Å². The van der Waals surface area contributed by atoms with Gasteiger partial charge in [-0.05, 0) is 57.3 Å². The van der Waals surface area contributed by atoms with E-state index in [2.05, 4.69) is 76.2 Å². The molecular formula is C22H46O3. The monoisotopic (exact) mass is 358 g/mol. The van der Waals surface area contributed by atoms with Crippen LogP contribution in [0.15, 0.2) is 0 Å². The van der Waals surface area contributed by atoms with Gasteiger partial charge in [0.25, 0.3) is 0 Å². The molecule has 0 amide bonds. The third kappa shape index (κ3) is 9.96. The van der Waals surface area contributed by atoms with Crippen LogP contribution < -0.4 is 0 Å². The molecule has 0 aromatic rings. The van der Waals surface area contributed by atoms with Gasteiger partial charge >= 0.3 is 0 Å². The highest BCUT2D eigenvalue weighted by atomic mass is 16.6. The Morgan fingerprint density at radius 1 is 0.680 bits per heavy atom. The van der Waals surface area contributed by atoms with Crippen LogP contribution in [0.1, 0.15) is 89.0 Å². The second-order valence-electron chi connectivity index (χ2n) is 10.4. The number of ether oxygens (including phenoxy) is 3. The van der Waals surface area contributed by atoms with Gasteiger partial charge in [0.2, 0.25) is 0 Å². The van der Waals surface area contributed by atoms with Crippen LogP contribution in [-0.4, -0.2) is 37.6 Å². The van der Waals surface area contributed by atoms with Crippen molar-refractivity contribution in [2.75, 3.05) is 26.4 Å². The quantitative estimate of drug-likeness (QED) is 0.372. The summed E-state index contributed by atoms with van der Waals surface area (Å²) in [6, 6.07) is 0. The summed E-state index contributed by atoms with van der Waals surface area (Å²) in [6.07, 6.45) is 2.20. The maximum atomic E-state index is 5.98. The summed E-state index contributed by atoms with van der Waals surface area (Å²) in [6.45, 7) is 27.0.